The number of aryl methyl sites for hydroxylation is 2. The molecule has 142 valence electrons. The van der Waals surface area contributed by atoms with Crippen LogP contribution < -0.4 is 10.6 Å². The second kappa shape index (κ2) is 10.1. The van der Waals surface area contributed by atoms with E-state index in [0.29, 0.717) is 12.2 Å². The van der Waals surface area contributed by atoms with Crippen molar-refractivity contribution < 1.29 is 19.1 Å². The van der Waals surface area contributed by atoms with Gasteiger partial charge in [-0.3, -0.25) is 14.4 Å². The fourth-order valence-electron chi connectivity index (χ4n) is 2.38. The first-order chi connectivity index (χ1) is 12.9. The predicted octanol–water partition coefficient (Wildman–Crippen LogP) is 2.88. The average molecular weight is 368 g/mol. The van der Waals surface area contributed by atoms with E-state index in [2.05, 4.69) is 10.6 Å². The zero-order valence-electron chi connectivity index (χ0n) is 15.6. The van der Waals surface area contributed by atoms with Gasteiger partial charge in [-0.25, -0.2) is 0 Å². The summed E-state index contributed by atoms with van der Waals surface area (Å²) >= 11 is 0. The zero-order valence-corrected chi connectivity index (χ0v) is 15.6. The van der Waals surface area contributed by atoms with Crippen molar-refractivity contribution in [1.82, 2.24) is 5.32 Å². The maximum absolute atomic E-state index is 11.9. The molecule has 2 amide bonds. The standard InChI is InChI=1S/C21H24N2O4/c1-15-8-9-16(2)18(12-15)23-20(25)14-27-21(26)11-10-19(24)22-13-17-6-4-3-5-7-17/h3-9,12H,10-11,13-14H2,1-2H3,(H,22,24)(H,23,25). The van der Waals surface area contributed by atoms with E-state index in [9.17, 15) is 14.4 Å². The molecule has 0 aliphatic rings. The molecule has 0 aromatic heterocycles. The Bertz CT molecular complexity index is 803. The van der Waals surface area contributed by atoms with E-state index >= 15 is 0 Å². The highest BCUT2D eigenvalue weighted by Gasteiger charge is 2.11. The molecule has 2 aromatic carbocycles. The number of hydrogen-bond donors (Lipinski definition) is 2. The Labute approximate surface area is 158 Å². The van der Waals surface area contributed by atoms with E-state index in [1.807, 2.05) is 62.4 Å². The second-order valence-electron chi connectivity index (χ2n) is 6.29. The summed E-state index contributed by atoms with van der Waals surface area (Å²) < 4.78 is 4.93. The van der Waals surface area contributed by atoms with Crippen molar-refractivity contribution in [2.45, 2.75) is 33.2 Å². The van der Waals surface area contributed by atoms with E-state index in [-0.39, 0.29) is 25.4 Å². The van der Waals surface area contributed by atoms with Crippen molar-refractivity contribution in [2.75, 3.05) is 11.9 Å². The van der Waals surface area contributed by atoms with Gasteiger partial charge in [-0.2, -0.15) is 0 Å². The molecule has 0 radical (unpaired) electrons. The van der Waals surface area contributed by atoms with Gasteiger partial charge in [-0.15, -0.1) is 0 Å². The van der Waals surface area contributed by atoms with Gasteiger partial charge in [-0.05, 0) is 36.6 Å². The van der Waals surface area contributed by atoms with Gasteiger partial charge in [-0.1, -0.05) is 42.5 Å². The van der Waals surface area contributed by atoms with Crippen molar-refractivity contribution in [2.24, 2.45) is 0 Å². The molecule has 27 heavy (non-hydrogen) atoms. The van der Waals surface area contributed by atoms with Crippen LogP contribution in [0.1, 0.15) is 29.5 Å². The molecule has 6 nitrogen and oxygen atoms in total. The van der Waals surface area contributed by atoms with Gasteiger partial charge >= 0.3 is 5.97 Å². The van der Waals surface area contributed by atoms with E-state index in [1.165, 1.54) is 0 Å². The van der Waals surface area contributed by atoms with Crippen LogP contribution in [0.2, 0.25) is 0 Å². The van der Waals surface area contributed by atoms with Crippen LogP contribution in [0.15, 0.2) is 48.5 Å². The number of anilines is 1. The number of benzene rings is 2. The number of carbonyl (C=O) groups excluding carboxylic acids is 3. The zero-order chi connectivity index (χ0) is 19.6. The Morgan fingerprint density at radius 1 is 0.926 bits per heavy atom. The van der Waals surface area contributed by atoms with E-state index in [0.717, 1.165) is 16.7 Å². The van der Waals surface area contributed by atoms with Crippen LogP contribution in [0.25, 0.3) is 0 Å². The molecule has 2 rings (SSSR count). The summed E-state index contributed by atoms with van der Waals surface area (Å²) in [5.41, 5.74) is 3.62. The largest absolute Gasteiger partial charge is 0.456 e. The summed E-state index contributed by atoms with van der Waals surface area (Å²) in [6.07, 6.45) is -0.0539. The van der Waals surface area contributed by atoms with E-state index in [4.69, 9.17) is 4.74 Å². The van der Waals surface area contributed by atoms with Crippen molar-refractivity contribution in [3.05, 3.63) is 65.2 Å². The summed E-state index contributed by atoms with van der Waals surface area (Å²) in [6.45, 7) is 3.85. The number of ether oxygens (including phenoxy) is 1. The van der Waals surface area contributed by atoms with Crippen LogP contribution in [0, 0.1) is 13.8 Å². The fraction of sp³-hybridized carbons (Fsp3) is 0.286. The minimum atomic E-state index is -0.582. The molecule has 0 aliphatic carbocycles. The normalized spacial score (nSPS) is 10.1. The molecule has 0 atom stereocenters. The highest BCUT2D eigenvalue weighted by atomic mass is 16.5. The number of esters is 1. The van der Waals surface area contributed by atoms with Crippen LogP contribution >= 0.6 is 0 Å². The number of carbonyl (C=O) groups is 3. The minimum Gasteiger partial charge on any atom is -0.456 e. The van der Waals surface area contributed by atoms with Gasteiger partial charge in [0.15, 0.2) is 6.61 Å². The van der Waals surface area contributed by atoms with Crippen molar-refractivity contribution in [3.63, 3.8) is 0 Å². The van der Waals surface area contributed by atoms with Crippen LogP contribution in [-0.4, -0.2) is 24.4 Å². The van der Waals surface area contributed by atoms with Crippen LogP contribution in [0.4, 0.5) is 5.69 Å². The lowest BCUT2D eigenvalue weighted by Crippen LogP contribution is -2.25. The molecular weight excluding hydrogens is 344 g/mol. The summed E-state index contributed by atoms with van der Waals surface area (Å²) in [4.78, 5) is 35.4. The number of hydrogen-bond acceptors (Lipinski definition) is 4. The van der Waals surface area contributed by atoms with Gasteiger partial charge in [0.05, 0.1) is 6.42 Å². The molecule has 0 heterocycles. The van der Waals surface area contributed by atoms with E-state index in [1.54, 1.807) is 0 Å². The van der Waals surface area contributed by atoms with Crippen LogP contribution in [0.3, 0.4) is 0 Å². The van der Waals surface area contributed by atoms with Crippen molar-refractivity contribution in [3.8, 4) is 0 Å². The van der Waals surface area contributed by atoms with Gasteiger partial charge in [0.25, 0.3) is 5.91 Å². The molecule has 0 bridgehead atoms. The first-order valence-electron chi connectivity index (χ1n) is 8.77. The third-order valence-electron chi connectivity index (χ3n) is 3.92. The SMILES string of the molecule is Cc1ccc(C)c(NC(=O)COC(=O)CCC(=O)NCc2ccccc2)c1. The summed E-state index contributed by atoms with van der Waals surface area (Å²) in [7, 11) is 0. The molecule has 0 aliphatic heterocycles. The smallest absolute Gasteiger partial charge is 0.306 e. The highest BCUT2D eigenvalue weighted by Crippen LogP contribution is 2.16. The highest BCUT2D eigenvalue weighted by molar-refractivity contribution is 5.93. The Morgan fingerprint density at radius 3 is 2.41 bits per heavy atom. The van der Waals surface area contributed by atoms with Gasteiger partial charge in [0.2, 0.25) is 5.91 Å². The lowest BCUT2D eigenvalue weighted by molar-refractivity contribution is -0.148. The lowest BCUT2D eigenvalue weighted by atomic mass is 10.1. The Balaban J connectivity index is 1.65. The summed E-state index contributed by atoms with van der Waals surface area (Å²) in [5.74, 6) is -1.23. The summed E-state index contributed by atoms with van der Waals surface area (Å²) in [5, 5.41) is 5.45. The molecular formula is C21H24N2O4. The monoisotopic (exact) mass is 368 g/mol. The number of nitrogens with one attached hydrogen (secondary N) is 2. The maximum atomic E-state index is 11.9. The average Bonchev–Trinajstić information content (AvgIpc) is 2.66. The molecule has 0 unspecified atom stereocenters. The number of amides is 2. The topological polar surface area (TPSA) is 84.5 Å². The second-order valence-corrected chi connectivity index (χ2v) is 6.29. The third kappa shape index (κ3) is 7.32. The first kappa shape index (κ1) is 20.2. The predicted molar refractivity (Wildman–Crippen MR) is 103 cm³/mol. The Hall–Kier alpha value is -3.15. The fourth-order valence-corrected chi connectivity index (χ4v) is 2.38. The van der Waals surface area contributed by atoms with Gasteiger partial charge < -0.3 is 15.4 Å². The quantitative estimate of drug-likeness (QED) is 0.702. The van der Waals surface area contributed by atoms with Crippen LogP contribution in [0.5, 0.6) is 0 Å². The molecule has 0 spiro atoms. The molecule has 2 N–H and O–H groups in total. The molecule has 2 aromatic rings. The molecule has 6 heteroatoms. The van der Waals surface area contributed by atoms with Crippen molar-refractivity contribution >= 4 is 23.5 Å². The van der Waals surface area contributed by atoms with Crippen molar-refractivity contribution in [1.29, 1.82) is 0 Å². The van der Waals surface area contributed by atoms with E-state index < -0.39 is 11.9 Å². The third-order valence-corrected chi connectivity index (χ3v) is 3.92. The Morgan fingerprint density at radius 2 is 1.67 bits per heavy atom. The van der Waals surface area contributed by atoms with Crippen LogP contribution in [-0.2, 0) is 25.7 Å². The number of rotatable bonds is 8. The Kier molecular flexibility index (Phi) is 7.55. The lowest BCUT2D eigenvalue weighted by Gasteiger charge is -2.10. The molecule has 0 fully saturated rings. The molecule has 0 saturated carbocycles. The minimum absolute atomic E-state index is 0.0181. The molecule has 0 saturated heterocycles. The van der Waals surface area contributed by atoms with Gasteiger partial charge in [0.1, 0.15) is 0 Å². The first-order valence-corrected chi connectivity index (χ1v) is 8.77. The maximum Gasteiger partial charge on any atom is 0.306 e. The van der Waals surface area contributed by atoms with Gasteiger partial charge in [0, 0.05) is 18.7 Å². The summed E-state index contributed by atoms with van der Waals surface area (Å²) in [6, 6.07) is 15.2.